The summed E-state index contributed by atoms with van der Waals surface area (Å²) in [5.41, 5.74) is 0. The van der Waals surface area contributed by atoms with E-state index in [2.05, 4.69) is 40.2 Å². The van der Waals surface area contributed by atoms with Crippen LogP contribution in [0.1, 0.15) is 6.42 Å². The van der Waals surface area contributed by atoms with Crippen molar-refractivity contribution in [2.24, 2.45) is 5.92 Å². The van der Waals surface area contributed by atoms with Crippen molar-refractivity contribution in [3.63, 3.8) is 0 Å². The molecule has 0 aromatic rings. The van der Waals surface area contributed by atoms with Crippen LogP contribution in [0.3, 0.4) is 0 Å². The standard InChI is InChI=1S/C7H9Br/c8-6-7-4-2-1-3-5-7/h1-4,7H,5-6H2/t7-/m0/s1. The molecule has 0 aliphatic heterocycles. The zero-order valence-corrected chi connectivity index (χ0v) is 6.26. The van der Waals surface area contributed by atoms with Crippen molar-refractivity contribution in [3.8, 4) is 0 Å². The van der Waals surface area contributed by atoms with E-state index in [0.29, 0.717) is 0 Å². The number of alkyl halides is 1. The number of hydrogen-bond acceptors (Lipinski definition) is 0. The van der Waals surface area contributed by atoms with E-state index in [1.165, 1.54) is 6.42 Å². The first kappa shape index (κ1) is 6.09. The van der Waals surface area contributed by atoms with E-state index in [-0.39, 0.29) is 0 Å². The Bertz CT molecular complexity index is 114. The van der Waals surface area contributed by atoms with E-state index in [1.807, 2.05) is 0 Å². The van der Waals surface area contributed by atoms with Crippen LogP contribution in [0.2, 0.25) is 0 Å². The van der Waals surface area contributed by atoms with Crippen LogP contribution < -0.4 is 0 Å². The van der Waals surface area contributed by atoms with Gasteiger partial charge in [0.25, 0.3) is 0 Å². The summed E-state index contributed by atoms with van der Waals surface area (Å²) in [4.78, 5) is 0. The summed E-state index contributed by atoms with van der Waals surface area (Å²) in [5.74, 6) is 0.736. The predicted octanol–water partition coefficient (Wildman–Crippen LogP) is 2.51. The van der Waals surface area contributed by atoms with Gasteiger partial charge >= 0.3 is 0 Å². The van der Waals surface area contributed by atoms with E-state index in [1.54, 1.807) is 0 Å². The van der Waals surface area contributed by atoms with Gasteiger partial charge in [-0.05, 0) is 12.3 Å². The lowest BCUT2D eigenvalue weighted by Crippen LogP contribution is -1.96. The third-order valence-electron chi connectivity index (χ3n) is 1.27. The Labute approximate surface area is 58.4 Å². The van der Waals surface area contributed by atoms with E-state index in [4.69, 9.17) is 0 Å². The molecule has 0 nitrogen and oxygen atoms in total. The molecule has 0 heterocycles. The molecular formula is C7H9Br. The SMILES string of the molecule is BrC[C@H]1C=CC=CC1. The van der Waals surface area contributed by atoms with Crippen molar-refractivity contribution in [1.29, 1.82) is 0 Å². The van der Waals surface area contributed by atoms with Gasteiger partial charge in [0.15, 0.2) is 0 Å². The second-order valence-electron chi connectivity index (χ2n) is 1.96. The maximum atomic E-state index is 3.43. The van der Waals surface area contributed by atoms with Crippen LogP contribution in [0.25, 0.3) is 0 Å². The maximum absolute atomic E-state index is 3.43. The minimum absolute atomic E-state index is 0.736. The van der Waals surface area contributed by atoms with Crippen LogP contribution in [0.5, 0.6) is 0 Å². The fourth-order valence-corrected chi connectivity index (χ4v) is 1.23. The number of allylic oxidation sites excluding steroid dienone is 4. The van der Waals surface area contributed by atoms with Crippen molar-refractivity contribution in [2.45, 2.75) is 6.42 Å². The van der Waals surface area contributed by atoms with Gasteiger partial charge < -0.3 is 0 Å². The molecule has 8 heavy (non-hydrogen) atoms. The first-order valence-corrected chi connectivity index (χ1v) is 3.95. The van der Waals surface area contributed by atoms with Crippen LogP contribution in [0.4, 0.5) is 0 Å². The van der Waals surface area contributed by atoms with E-state index < -0.39 is 0 Å². The van der Waals surface area contributed by atoms with Gasteiger partial charge in [-0.2, -0.15) is 0 Å². The second-order valence-corrected chi connectivity index (χ2v) is 2.61. The molecule has 0 fully saturated rings. The second kappa shape index (κ2) is 3.08. The van der Waals surface area contributed by atoms with Crippen LogP contribution >= 0.6 is 15.9 Å². The van der Waals surface area contributed by atoms with Gasteiger partial charge in [-0.3, -0.25) is 0 Å². The molecule has 0 spiro atoms. The highest BCUT2D eigenvalue weighted by Crippen LogP contribution is 2.12. The molecule has 0 saturated carbocycles. The molecule has 0 saturated heterocycles. The summed E-state index contributed by atoms with van der Waals surface area (Å²) < 4.78 is 0. The fourth-order valence-electron chi connectivity index (χ4n) is 0.746. The van der Waals surface area contributed by atoms with Gasteiger partial charge in [0, 0.05) is 5.33 Å². The first-order chi connectivity index (χ1) is 3.93. The fraction of sp³-hybridized carbons (Fsp3) is 0.429. The minimum atomic E-state index is 0.736. The van der Waals surface area contributed by atoms with Crippen molar-refractivity contribution in [3.05, 3.63) is 24.3 Å². The van der Waals surface area contributed by atoms with Gasteiger partial charge in [-0.1, -0.05) is 40.2 Å². The van der Waals surface area contributed by atoms with E-state index >= 15 is 0 Å². The Kier molecular flexibility index (Phi) is 2.34. The highest BCUT2D eigenvalue weighted by atomic mass is 79.9. The van der Waals surface area contributed by atoms with Crippen LogP contribution in [-0.2, 0) is 0 Å². The Morgan fingerprint density at radius 1 is 1.50 bits per heavy atom. The monoisotopic (exact) mass is 172 g/mol. The summed E-state index contributed by atoms with van der Waals surface area (Å²) >= 11 is 3.43. The molecule has 0 unspecified atom stereocenters. The lowest BCUT2D eigenvalue weighted by Gasteiger charge is -2.06. The first-order valence-electron chi connectivity index (χ1n) is 2.83. The van der Waals surface area contributed by atoms with Crippen LogP contribution in [-0.4, -0.2) is 5.33 Å². The molecule has 1 heteroatoms. The molecule has 0 bridgehead atoms. The molecule has 44 valence electrons. The molecule has 1 atom stereocenters. The lowest BCUT2D eigenvalue weighted by atomic mass is 10.0. The summed E-state index contributed by atoms with van der Waals surface area (Å²) in [5, 5.41) is 1.09. The minimum Gasteiger partial charge on any atom is -0.0922 e. The Balaban J connectivity index is 2.40. The van der Waals surface area contributed by atoms with Crippen molar-refractivity contribution in [2.75, 3.05) is 5.33 Å². The summed E-state index contributed by atoms with van der Waals surface area (Å²) in [7, 11) is 0. The summed E-state index contributed by atoms with van der Waals surface area (Å²) in [6.07, 6.45) is 9.83. The molecule has 1 aliphatic carbocycles. The van der Waals surface area contributed by atoms with Gasteiger partial charge in [0.1, 0.15) is 0 Å². The number of hydrogen-bond donors (Lipinski definition) is 0. The average Bonchev–Trinajstić information content (AvgIpc) is 1.90. The average molecular weight is 173 g/mol. The topological polar surface area (TPSA) is 0 Å². The van der Waals surface area contributed by atoms with E-state index in [9.17, 15) is 0 Å². The summed E-state index contributed by atoms with van der Waals surface area (Å²) in [6, 6.07) is 0. The number of halogens is 1. The quantitative estimate of drug-likeness (QED) is 0.534. The van der Waals surface area contributed by atoms with Gasteiger partial charge in [-0.15, -0.1) is 0 Å². The third-order valence-corrected chi connectivity index (χ3v) is 2.10. The zero-order valence-electron chi connectivity index (χ0n) is 4.68. The highest BCUT2D eigenvalue weighted by molar-refractivity contribution is 9.09. The normalized spacial score (nSPS) is 26.4. The molecule has 1 aliphatic rings. The van der Waals surface area contributed by atoms with Gasteiger partial charge in [0.2, 0.25) is 0 Å². The Morgan fingerprint density at radius 2 is 2.38 bits per heavy atom. The summed E-state index contributed by atoms with van der Waals surface area (Å²) in [6.45, 7) is 0. The van der Waals surface area contributed by atoms with Crippen molar-refractivity contribution >= 4 is 15.9 Å². The van der Waals surface area contributed by atoms with Crippen LogP contribution in [0, 0.1) is 5.92 Å². The largest absolute Gasteiger partial charge is 0.0922 e. The van der Waals surface area contributed by atoms with Crippen molar-refractivity contribution < 1.29 is 0 Å². The molecule has 0 amide bonds. The maximum Gasteiger partial charge on any atom is 0.00973 e. The lowest BCUT2D eigenvalue weighted by molar-refractivity contribution is 0.755. The molecule has 0 N–H and O–H groups in total. The molecular weight excluding hydrogens is 164 g/mol. The van der Waals surface area contributed by atoms with E-state index in [0.717, 1.165) is 11.2 Å². The van der Waals surface area contributed by atoms with Crippen LogP contribution in [0.15, 0.2) is 24.3 Å². The van der Waals surface area contributed by atoms with Crippen molar-refractivity contribution in [1.82, 2.24) is 0 Å². The number of rotatable bonds is 1. The van der Waals surface area contributed by atoms with Gasteiger partial charge in [-0.25, -0.2) is 0 Å². The Morgan fingerprint density at radius 3 is 2.75 bits per heavy atom. The molecule has 0 aromatic carbocycles. The zero-order chi connectivity index (χ0) is 5.82. The molecule has 1 rings (SSSR count). The van der Waals surface area contributed by atoms with Gasteiger partial charge in [0.05, 0.1) is 0 Å². The predicted molar refractivity (Wildman–Crippen MR) is 40.2 cm³/mol. The third kappa shape index (κ3) is 1.48. The highest BCUT2D eigenvalue weighted by Gasteiger charge is 2.00. The molecule has 0 radical (unpaired) electrons. The molecule has 0 aromatic heterocycles. The smallest absolute Gasteiger partial charge is 0.00973 e. The Hall–Kier alpha value is -0.0400.